The van der Waals surface area contributed by atoms with Crippen LogP contribution in [0.3, 0.4) is 0 Å². The number of benzene rings is 4. The topological polar surface area (TPSA) is 59.6 Å². The first-order valence-corrected chi connectivity index (χ1v) is 12.2. The van der Waals surface area contributed by atoms with Crippen molar-refractivity contribution in [3.8, 4) is 11.5 Å². The van der Waals surface area contributed by atoms with Crippen LogP contribution >= 0.6 is 0 Å². The summed E-state index contributed by atoms with van der Waals surface area (Å²) in [6, 6.07) is 25.4. The van der Waals surface area contributed by atoms with E-state index < -0.39 is 5.60 Å². The third kappa shape index (κ3) is 3.49. The highest BCUT2D eigenvalue weighted by molar-refractivity contribution is 5.97. The number of para-hydroxylation sites is 1. The standard InChI is InChI=1S/C30H25FN2O3/c1-2-3-16-32-19-12-14-23-28(18-19)35-27-15-13-20(33-26-11-7-6-10-25(26)31)17-24(27)30(23)22-9-5-4-8-21(22)29(34)36-30/h4-15,17-18,32-33H,2-3,16H2,1H3. The average Bonchev–Trinajstić information content (AvgIpc) is 3.19. The number of rotatable bonds is 6. The molecule has 0 bridgehead atoms. The molecular formula is C30H25FN2O3. The monoisotopic (exact) mass is 480 g/mol. The van der Waals surface area contributed by atoms with E-state index in [1.54, 1.807) is 24.3 Å². The largest absolute Gasteiger partial charge is 0.456 e. The molecule has 0 saturated heterocycles. The van der Waals surface area contributed by atoms with Crippen LogP contribution in [-0.4, -0.2) is 12.5 Å². The summed E-state index contributed by atoms with van der Waals surface area (Å²) in [5, 5.41) is 6.58. The number of anilines is 3. The minimum atomic E-state index is -1.18. The molecule has 180 valence electrons. The molecule has 36 heavy (non-hydrogen) atoms. The molecule has 5 nitrogen and oxygen atoms in total. The summed E-state index contributed by atoms with van der Waals surface area (Å²) in [7, 11) is 0. The maximum Gasteiger partial charge on any atom is 0.340 e. The van der Waals surface area contributed by atoms with Gasteiger partial charge in [-0.3, -0.25) is 0 Å². The SMILES string of the molecule is CCCCNc1ccc2c(c1)Oc1ccc(Nc3ccccc3F)cc1C21OC(=O)c2ccccc21. The molecule has 1 spiro atoms. The van der Waals surface area contributed by atoms with E-state index >= 15 is 0 Å². The van der Waals surface area contributed by atoms with E-state index in [1.165, 1.54) is 6.07 Å². The minimum Gasteiger partial charge on any atom is -0.456 e. The molecule has 6 heteroatoms. The first-order chi connectivity index (χ1) is 17.6. The number of carbonyl (C=O) groups excluding carboxylic acids is 1. The number of unbranched alkanes of at least 4 members (excludes halogenated alkanes) is 1. The lowest BCUT2D eigenvalue weighted by Crippen LogP contribution is -2.33. The molecule has 0 aromatic heterocycles. The number of halogens is 1. The van der Waals surface area contributed by atoms with E-state index in [0.29, 0.717) is 34.0 Å². The van der Waals surface area contributed by atoms with E-state index in [-0.39, 0.29) is 11.8 Å². The Balaban J connectivity index is 1.50. The van der Waals surface area contributed by atoms with Crippen molar-refractivity contribution in [3.05, 3.63) is 113 Å². The zero-order valence-corrected chi connectivity index (χ0v) is 19.8. The van der Waals surface area contributed by atoms with Gasteiger partial charge >= 0.3 is 5.97 Å². The molecule has 2 N–H and O–H groups in total. The predicted molar refractivity (Wildman–Crippen MR) is 138 cm³/mol. The Hall–Kier alpha value is -4.32. The average molecular weight is 481 g/mol. The summed E-state index contributed by atoms with van der Waals surface area (Å²) in [6.45, 7) is 3.01. The number of hydrogen-bond acceptors (Lipinski definition) is 5. The number of esters is 1. The lowest BCUT2D eigenvalue weighted by Gasteiger charge is -2.37. The van der Waals surface area contributed by atoms with Crippen molar-refractivity contribution in [2.45, 2.75) is 25.4 Å². The summed E-state index contributed by atoms with van der Waals surface area (Å²) in [5.74, 6) is 0.467. The van der Waals surface area contributed by atoms with Gasteiger partial charge in [-0.1, -0.05) is 43.7 Å². The number of ether oxygens (including phenoxy) is 2. The van der Waals surface area contributed by atoms with Gasteiger partial charge in [0.15, 0.2) is 5.60 Å². The van der Waals surface area contributed by atoms with Gasteiger partial charge in [0.1, 0.15) is 17.3 Å². The molecule has 2 aliphatic heterocycles. The van der Waals surface area contributed by atoms with Gasteiger partial charge in [-0.2, -0.15) is 0 Å². The van der Waals surface area contributed by atoms with Crippen LogP contribution < -0.4 is 15.4 Å². The molecule has 2 aliphatic rings. The van der Waals surface area contributed by atoms with Crippen molar-refractivity contribution in [3.63, 3.8) is 0 Å². The van der Waals surface area contributed by atoms with Gasteiger partial charge in [0.05, 0.1) is 11.3 Å². The molecule has 1 atom stereocenters. The fourth-order valence-corrected chi connectivity index (χ4v) is 4.99. The molecule has 2 heterocycles. The maximum absolute atomic E-state index is 14.3. The first-order valence-electron chi connectivity index (χ1n) is 12.2. The highest BCUT2D eigenvalue weighted by Gasteiger charge is 2.53. The van der Waals surface area contributed by atoms with Gasteiger partial charge in [-0.25, -0.2) is 9.18 Å². The van der Waals surface area contributed by atoms with Crippen LogP contribution in [0, 0.1) is 5.82 Å². The second-order valence-electron chi connectivity index (χ2n) is 9.03. The summed E-state index contributed by atoms with van der Waals surface area (Å²) in [5.41, 5.74) is 3.49. The van der Waals surface area contributed by atoms with Gasteiger partial charge in [0.25, 0.3) is 0 Å². The fourth-order valence-electron chi connectivity index (χ4n) is 4.99. The number of fused-ring (bicyclic) bond motifs is 6. The van der Waals surface area contributed by atoms with Crippen molar-refractivity contribution in [2.24, 2.45) is 0 Å². The molecule has 0 amide bonds. The van der Waals surface area contributed by atoms with Crippen molar-refractivity contribution >= 4 is 23.0 Å². The zero-order valence-electron chi connectivity index (χ0n) is 19.8. The van der Waals surface area contributed by atoms with Gasteiger partial charge in [0, 0.05) is 40.7 Å². The van der Waals surface area contributed by atoms with Gasteiger partial charge in [-0.15, -0.1) is 0 Å². The number of carbonyl (C=O) groups is 1. The lowest BCUT2D eigenvalue weighted by atomic mass is 9.77. The molecule has 0 radical (unpaired) electrons. The number of nitrogens with one attached hydrogen (secondary N) is 2. The Bertz CT molecular complexity index is 1490. The molecule has 4 aromatic rings. The maximum atomic E-state index is 14.3. The summed E-state index contributed by atoms with van der Waals surface area (Å²) in [6.07, 6.45) is 2.16. The Kier molecular flexibility index (Phi) is 5.37. The quantitative estimate of drug-likeness (QED) is 0.223. The van der Waals surface area contributed by atoms with Crippen LogP contribution in [0.25, 0.3) is 0 Å². The molecule has 1 unspecified atom stereocenters. The summed E-state index contributed by atoms with van der Waals surface area (Å²) < 4.78 is 26.9. The van der Waals surface area contributed by atoms with Crippen LogP contribution in [0.15, 0.2) is 84.9 Å². The van der Waals surface area contributed by atoms with Crippen molar-refractivity contribution in [1.29, 1.82) is 0 Å². The van der Waals surface area contributed by atoms with Gasteiger partial charge in [0.2, 0.25) is 0 Å². The van der Waals surface area contributed by atoms with Crippen molar-refractivity contribution in [2.75, 3.05) is 17.2 Å². The van der Waals surface area contributed by atoms with E-state index in [9.17, 15) is 9.18 Å². The highest BCUT2D eigenvalue weighted by Crippen LogP contribution is 2.56. The third-order valence-corrected chi connectivity index (χ3v) is 6.72. The smallest absolute Gasteiger partial charge is 0.340 e. The van der Waals surface area contributed by atoms with E-state index in [0.717, 1.165) is 36.2 Å². The molecule has 0 aliphatic carbocycles. The zero-order chi connectivity index (χ0) is 24.7. The molecular weight excluding hydrogens is 455 g/mol. The van der Waals surface area contributed by atoms with Gasteiger partial charge < -0.3 is 20.1 Å². The predicted octanol–water partition coefficient (Wildman–Crippen LogP) is 7.35. The summed E-state index contributed by atoms with van der Waals surface area (Å²) >= 11 is 0. The second kappa shape index (κ2) is 8.72. The molecule has 0 fully saturated rings. The van der Waals surface area contributed by atoms with Crippen LogP contribution in [0.5, 0.6) is 11.5 Å². The highest BCUT2D eigenvalue weighted by atomic mass is 19.1. The molecule has 4 aromatic carbocycles. The lowest BCUT2D eigenvalue weighted by molar-refractivity contribution is 0.0224. The fraction of sp³-hybridized carbons (Fsp3) is 0.167. The number of hydrogen-bond donors (Lipinski definition) is 2. The van der Waals surface area contributed by atoms with Crippen molar-refractivity contribution < 1.29 is 18.7 Å². The summed E-state index contributed by atoms with van der Waals surface area (Å²) in [4.78, 5) is 13.1. The first kappa shape index (κ1) is 22.2. The van der Waals surface area contributed by atoms with Crippen LogP contribution in [0.4, 0.5) is 21.5 Å². The Morgan fingerprint density at radius 3 is 2.50 bits per heavy atom. The van der Waals surface area contributed by atoms with Gasteiger partial charge in [-0.05, 0) is 55.0 Å². The van der Waals surface area contributed by atoms with Crippen LogP contribution in [0.2, 0.25) is 0 Å². The van der Waals surface area contributed by atoms with E-state index in [2.05, 4.69) is 17.6 Å². The molecule has 0 saturated carbocycles. The Labute approximate surface area is 208 Å². The minimum absolute atomic E-state index is 0.354. The Morgan fingerprint density at radius 1 is 0.833 bits per heavy atom. The normalized spacial score (nSPS) is 17.0. The second-order valence-corrected chi connectivity index (χ2v) is 9.03. The van der Waals surface area contributed by atoms with Crippen LogP contribution in [0.1, 0.15) is 46.8 Å². The van der Waals surface area contributed by atoms with Crippen LogP contribution in [-0.2, 0) is 10.3 Å². The molecule has 6 rings (SSSR count). The third-order valence-electron chi connectivity index (χ3n) is 6.72. The Morgan fingerprint density at radius 2 is 1.64 bits per heavy atom. The van der Waals surface area contributed by atoms with E-state index in [4.69, 9.17) is 9.47 Å². The van der Waals surface area contributed by atoms with E-state index in [1.807, 2.05) is 54.6 Å². The van der Waals surface area contributed by atoms with Crippen molar-refractivity contribution in [1.82, 2.24) is 0 Å².